The maximum Gasteiger partial charge on any atom is 0.354 e. The van der Waals surface area contributed by atoms with Crippen LogP contribution in [0.1, 0.15) is 10.5 Å². The summed E-state index contributed by atoms with van der Waals surface area (Å²) in [5, 5.41) is 15.2. The number of fused-ring (bicyclic) bond motifs is 1. The molecule has 0 spiro atoms. The van der Waals surface area contributed by atoms with E-state index in [2.05, 4.69) is 15.2 Å². The lowest BCUT2D eigenvalue weighted by molar-refractivity contribution is 0.0692. The molecule has 6 heteroatoms. The zero-order chi connectivity index (χ0) is 9.42. The summed E-state index contributed by atoms with van der Waals surface area (Å²) in [6, 6.07) is 3.11. The van der Waals surface area contributed by atoms with Gasteiger partial charge in [-0.3, -0.25) is 5.10 Å². The molecule has 0 fully saturated rings. The third-order valence-electron chi connectivity index (χ3n) is 1.65. The number of carboxylic acid groups (broad SMARTS) is 1. The maximum atomic E-state index is 10.6. The van der Waals surface area contributed by atoms with Gasteiger partial charge in [0.2, 0.25) is 0 Å². The Kier molecular flexibility index (Phi) is 1.42. The first-order valence-electron chi connectivity index (χ1n) is 3.52. The van der Waals surface area contributed by atoms with E-state index in [1.807, 2.05) is 0 Å². The van der Waals surface area contributed by atoms with E-state index in [0.717, 1.165) is 0 Å². The number of pyridine rings is 1. The third kappa shape index (κ3) is 1.08. The molecule has 66 valence electrons. The van der Waals surface area contributed by atoms with Crippen LogP contribution < -0.4 is 5.73 Å². The summed E-state index contributed by atoms with van der Waals surface area (Å²) in [4.78, 5) is 14.5. The number of rotatable bonds is 1. The van der Waals surface area contributed by atoms with E-state index in [0.29, 0.717) is 16.9 Å². The second kappa shape index (κ2) is 2.44. The van der Waals surface area contributed by atoms with E-state index < -0.39 is 5.97 Å². The van der Waals surface area contributed by atoms with Gasteiger partial charge in [-0.05, 0) is 12.1 Å². The van der Waals surface area contributed by atoms with Crippen LogP contribution in [0.3, 0.4) is 0 Å². The molecule has 4 N–H and O–H groups in total. The second-order valence-corrected chi connectivity index (χ2v) is 2.51. The van der Waals surface area contributed by atoms with Crippen molar-refractivity contribution in [1.82, 2.24) is 15.2 Å². The minimum Gasteiger partial charge on any atom is -0.477 e. The van der Waals surface area contributed by atoms with Crippen LogP contribution in [-0.2, 0) is 0 Å². The molecule has 2 aromatic rings. The largest absolute Gasteiger partial charge is 0.477 e. The number of H-pyrrole nitrogens is 1. The van der Waals surface area contributed by atoms with Crippen LogP contribution in [0.25, 0.3) is 11.0 Å². The molecule has 0 aromatic carbocycles. The Morgan fingerprint density at radius 2 is 2.31 bits per heavy atom. The summed E-state index contributed by atoms with van der Waals surface area (Å²) in [6.07, 6.45) is 0. The number of hydrogen-bond donors (Lipinski definition) is 3. The number of aromatic amines is 1. The molecule has 0 radical (unpaired) electrons. The smallest absolute Gasteiger partial charge is 0.354 e. The molecule has 2 aromatic heterocycles. The van der Waals surface area contributed by atoms with Crippen LogP contribution in [0.5, 0.6) is 0 Å². The van der Waals surface area contributed by atoms with E-state index in [9.17, 15) is 4.79 Å². The Morgan fingerprint density at radius 3 is 3.00 bits per heavy atom. The number of carboxylic acids is 1. The minimum atomic E-state index is -1.06. The van der Waals surface area contributed by atoms with Gasteiger partial charge in [0.25, 0.3) is 0 Å². The van der Waals surface area contributed by atoms with Crippen molar-refractivity contribution in [3.05, 3.63) is 17.8 Å². The standard InChI is InChI=1S/C7H6N4O2/c8-4-2-1-3-5(7(12)13)10-11-6(3)9-4/h1-2H,(H,12,13)(H3,8,9,10,11). The van der Waals surface area contributed by atoms with Gasteiger partial charge in [-0.15, -0.1) is 0 Å². The van der Waals surface area contributed by atoms with Gasteiger partial charge in [0.15, 0.2) is 11.3 Å². The summed E-state index contributed by atoms with van der Waals surface area (Å²) in [7, 11) is 0. The highest BCUT2D eigenvalue weighted by Crippen LogP contribution is 2.14. The van der Waals surface area contributed by atoms with Crippen LogP contribution in [0.2, 0.25) is 0 Å². The monoisotopic (exact) mass is 178 g/mol. The molecule has 0 saturated carbocycles. The van der Waals surface area contributed by atoms with Crippen LogP contribution in [0.4, 0.5) is 5.82 Å². The van der Waals surface area contributed by atoms with Crippen molar-refractivity contribution in [1.29, 1.82) is 0 Å². The van der Waals surface area contributed by atoms with Crippen LogP contribution >= 0.6 is 0 Å². The molecule has 2 heterocycles. The van der Waals surface area contributed by atoms with E-state index >= 15 is 0 Å². The lowest BCUT2D eigenvalue weighted by Crippen LogP contribution is -1.97. The van der Waals surface area contributed by atoms with Crippen molar-refractivity contribution < 1.29 is 9.90 Å². The van der Waals surface area contributed by atoms with Crippen molar-refractivity contribution in [3.63, 3.8) is 0 Å². The number of nitrogens with one attached hydrogen (secondary N) is 1. The van der Waals surface area contributed by atoms with Gasteiger partial charge in [-0.2, -0.15) is 5.10 Å². The number of nitrogens with two attached hydrogens (primary N) is 1. The summed E-state index contributed by atoms with van der Waals surface area (Å²) >= 11 is 0. The zero-order valence-corrected chi connectivity index (χ0v) is 6.48. The Balaban J connectivity index is 2.76. The highest BCUT2D eigenvalue weighted by molar-refractivity contribution is 6.00. The Morgan fingerprint density at radius 1 is 1.54 bits per heavy atom. The number of carbonyl (C=O) groups is 1. The van der Waals surface area contributed by atoms with Gasteiger partial charge in [0, 0.05) is 0 Å². The molecule has 6 nitrogen and oxygen atoms in total. The summed E-state index contributed by atoms with van der Waals surface area (Å²) in [5.74, 6) is -0.745. The topological polar surface area (TPSA) is 105 Å². The van der Waals surface area contributed by atoms with Crippen LogP contribution in [-0.4, -0.2) is 26.3 Å². The van der Waals surface area contributed by atoms with Gasteiger partial charge in [0.05, 0.1) is 5.39 Å². The fraction of sp³-hybridized carbons (Fsp3) is 0. The molecule has 0 aliphatic rings. The number of nitrogen functional groups attached to an aromatic ring is 1. The third-order valence-corrected chi connectivity index (χ3v) is 1.65. The predicted molar refractivity (Wildman–Crippen MR) is 45.3 cm³/mol. The number of aromatic nitrogens is 3. The number of aromatic carboxylic acids is 1. The second-order valence-electron chi connectivity index (χ2n) is 2.51. The van der Waals surface area contributed by atoms with Crippen molar-refractivity contribution in [2.24, 2.45) is 0 Å². The summed E-state index contributed by atoms with van der Waals surface area (Å²) < 4.78 is 0. The molecule has 0 saturated heterocycles. The van der Waals surface area contributed by atoms with Crippen LogP contribution in [0, 0.1) is 0 Å². The number of anilines is 1. The van der Waals surface area contributed by atoms with E-state index in [1.54, 1.807) is 6.07 Å². The van der Waals surface area contributed by atoms with Crippen molar-refractivity contribution in [2.75, 3.05) is 5.73 Å². The molecule has 13 heavy (non-hydrogen) atoms. The normalized spacial score (nSPS) is 10.5. The molecular formula is C7H6N4O2. The van der Waals surface area contributed by atoms with E-state index in [4.69, 9.17) is 10.8 Å². The first-order valence-corrected chi connectivity index (χ1v) is 3.52. The zero-order valence-electron chi connectivity index (χ0n) is 6.48. The first kappa shape index (κ1) is 7.53. The summed E-state index contributed by atoms with van der Waals surface area (Å²) in [5.41, 5.74) is 5.74. The molecule has 0 atom stereocenters. The molecule has 0 bridgehead atoms. The molecule has 2 rings (SSSR count). The molecule has 0 amide bonds. The maximum absolute atomic E-state index is 10.6. The first-order chi connectivity index (χ1) is 6.18. The van der Waals surface area contributed by atoms with E-state index in [-0.39, 0.29) is 5.69 Å². The lowest BCUT2D eigenvalue weighted by atomic mass is 10.2. The Bertz CT molecular complexity index is 476. The number of hydrogen-bond acceptors (Lipinski definition) is 4. The highest BCUT2D eigenvalue weighted by Gasteiger charge is 2.12. The minimum absolute atomic E-state index is 0.0301. The van der Waals surface area contributed by atoms with Crippen molar-refractivity contribution >= 4 is 22.8 Å². The number of nitrogens with zero attached hydrogens (tertiary/aromatic N) is 2. The molecule has 0 unspecified atom stereocenters. The fourth-order valence-corrected chi connectivity index (χ4v) is 1.08. The SMILES string of the molecule is Nc1ccc2c(C(=O)O)[nH]nc2n1. The van der Waals surface area contributed by atoms with E-state index in [1.165, 1.54) is 6.07 Å². The predicted octanol–water partition coefficient (Wildman–Crippen LogP) is 0.238. The average molecular weight is 178 g/mol. The van der Waals surface area contributed by atoms with Crippen LogP contribution in [0.15, 0.2) is 12.1 Å². The highest BCUT2D eigenvalue weighted by atomic mass is 16.4. The quantitative estimate of drug-likeness (QED) is 0.580. The molecule has 0 aliphatic heterocycles. The lowest BCUT2D eigenvalue weighted by Gasteiger charge is -1.91. The fourth-order valence-electron chi connectivity index (χ4n) is 1.08. The van der Waals surface area contributed by atoms with Crippen molar-refractivity contribution in [2.45, 2.75) is 0 Å². The molecule has 0 aliphatic carbocycles. The van der Waals surface area contributed by atoms with Gasteiger partial charge < -0.3 is 10.8 Å². The Hall–Kier alpha value is -2.11. The summed E-state index contributed by atoms with van der Waals surface area (Å²) in [6.45, 7) is 0. The Labute approximate surface area is 72.4 Å². The molecular weight excluding hydrogens is 172 g/mol. The van der Waals surface area contributed by atoms with Crippen molar-refractivity contribution in [3.8, 4) is 0 Å². The van der Waals surface area contributed by atoms with Gasteiger partial charge in [-0.1, -0.05) is 0 Å². The van der Waals surface area contributed by atoms with Gasteiger partial charge in [0.1, 0.15) is 5.82 Å². The average Bonchev–Trinajstić information content (AvgIpc) is 2.46. The van der Waals surface area contributed by atoms with Gasteiger partial charge >= 0.3 is 5.97 Å². The van der Waals surface area contributed by atoms with Gasteiger partial charge in [-0.25, -0.2) is 9.78 Å².